The van der Waals surface area contributed by atoms with Crippen LogP contribution in [0.1, 0.15) is 16.8 Å². The summed E-state index contributed by atoms with van der Waals surface area (Å²) in [5.74, 6) is -0.213. The van der Waals surface area contributed by atoms with E-state index in [9.17, 15) is 9.18 Å². The number of nitrogens with zero attached hydrogens (tertiary/aromatic N) is 4. The molecule has 0 atom stereocenters. The molecule has 0 bridgehead atoms. The van der Waals surface area contributed by atoms with Crippen LogP contribution in [0, 0.1) is 17.1 Å². The van der Waals surface area contributed by atoms with Gasteiger partial charge in [-0.25, -0.2) is 13.9 Å². The van der Waals surface area contributed by atoms with E-state index in [2.05, 4.69) is 10.1 Å². The van der Waals surface area contributed by atoms with Gasteiger partial charge in [-0.1, -0.05) is 18.2 Å². The van der Waals surface area contributed by atoms with E-state index in [1.807, 2.05) is 24.1 Å². The molecule has 1 aromatic carbocycles. The molecule has 122 valence electrons. The van der Waals surface area contributed by atoms with Crippen LogP contribution in [0.2, 0.25) is 0 Å². The van der Waals surface area contributed by atoms with E-state index in [-0.39, 0.29) is 11.4 Å². The van der Waals surface area contributed by atoms with Crippen LogP contribution < -0.4 is 5.56 Å². The Balaban J connectivity index is 1.74. The third-order valence-electron chi connectivity index (χ3n) is 3.82. The molecule has 0 aliphatic rings. The minimum absolute atomic E-state index is 0.213. The smallest absolute Gasteiger partial charge is 0.272 e. The molecule has 0 spiro atoms. The summed E-state index contributed by atoms with van der Waals surface area (Å²) in [6, 6.07) is 10.1. The lowest BCUT2D eigenvalue weighted by Crippen LogP contribution is -2.24. The lowest BCUT2D eigenvalue weighted by Gasteiger charge is -2.16. The van der Waals surface area contributed by atoms with E-state index < -0.39 is 0 Å². The van der Waals surface area contributed by atoms with Gasteiger partial charge in [0.15, 0.2) is 5.65 Å². The van der Waals surface area contributed by atoms with Crippen LogP contribution in [0.15, 0.2) is 41.3 Å². The fourth-order valence-corrected chi connectivity index (χ4v) is 2.56. The van der Waals surface area contributed by atoms with Gasteiger partial charge in [0.2, 0.25) is 0 Å². The summed E-state index contributed by atoms with van der Waals surface area (Å²) in [6.45, 7) is 1.07. The Morgan fingerprint density at radius 3 is 2.96 bits per heavy atom. The molecular formula is C17H16FN5O. The molecule has 0 saturated carbocycles. The van der Waals surface area contributed by atoms with Crippen molar-refractivity contribution in [3.63, 3.8) is 0 Å². The van der Waals surface area contributed by atoms with Gasteiger partial charge in [-0.15, -0.1) is 0 Å². The highest BCUT2D eigenvalue weighted by atomic mass is 19.1. The molecule has 3 aromatic rings. The molecule has 0 radical (unpaired) electrons. The fraction of sp³-hybridized carbons (Fsp3) is 0.235. The zero-order valence-electron chi connectivity index (χ0n) is 13.2. The zero-order chi connectivity index (χ0) is 17.1. The number of aromatic nitrogens is 3. The van der Waals surface area contributed by atoms with Gasteiger partial charge in [-0.05, 0) is 25.1 Å². The van der Waals surface area contributed by atoms with Crippen LogP contribution in [0.3, 0.4) is 0 Å². The summed E-state index contributed by atoms with van der Waals surface area (Å²) in [7, 11) is 1.88. The number of fused-ring (bicyclic) bond motifs is 1. The third kappa shape index (κ3) is 3.19. The maximum absolute atomic E-state index is 13.6. The van der Waals surface area contributed by atoms with E-state index in [4.69, 9.17) is 5.26 Å². The van der Waals surface area contributed by atoms with Gasteiger partial charge in [0.1, 0.15) is 17.4 Å². The molecule has 0 unspecified atom stereocenters. The summed E-state index contributed by atoms with van der Waals surface area (Å²) in [5.41, 5.74) is 1.61. The molecule has 2 aromatic heterocycles. The first-order valence-electron chi connectivity index (χ1n) is 7.50. The van der Waals surface area contributed by atoms with Gasteiger partial charge in [0, 0.05) is 25.4 Å². The average Bonchev–Trinajstić information content (AvgIpc) is 2.97. The highest BCUT2D eigenvalue weighted by Gasteiger charge is 2.10. The van der Waals surface area contributed by atoms with E-state index in [1.54, 1.807) is 12.1 Å². The number of hydrogen-bond donors (Lipinski definition) is 1. The van der Waals surface area contributed by atoms with Crippen LogP contribution in [0.5, 0.6) is 0 Å². The second-order valence-corrected chi connectivity index (χ2v) is 5.62. The highest BCUT2D eigenvalue weighted by Crippen LogP contribution is 2.09. The Bertz CT molecular complexity index is 969. The fourth-order valence-electron chi connectivity index (χ4n) is 2.56. The van der Waals surface area contributed by atoms with Gasteiger partial charge in [-0.2, -0.15) is 5.26 Å². The van der Waals surface area contributed by atoms with Gasteiger partial charge < -0.3 is 4.90 Å². The predicted molar refractivity (Wildman–Crippen MR) is 87.0 cm³/mol. The van der Waals surface area contributed by atoms with Crippen molar-refractivity contribution < 1.29 is 4.39 Å². The Kier molecular flexibility index (Phi) is 4.40. The van der Waals surface area contributed by atoms with Gasteiger partial charge in [-0.3, -0.25) is 9.89 Å². The number of likely N-dealkylation sites (N-methyl/N-ethyl adjacent to an activating group) is 1. The zero-order valence-corrected chi connectivity index (χ0v) is 13.2. The summed E-state index contributed by atoms with van der Waals surface area (Å²) in [6.07, 6.45) is 2.02. The standard InChI is InChI=1S/C17H16FN5O/c1-22(7-6-12-4-2-3-5-15(12)18)11-14-8-16(24)23-17(21-14)13(9-19)10-20-23/h2-5,8,10,20H,6-7,11H2,1H3. The number of halogens is 1. The Morgan fingerprint density at radius 2 is 2.21 bits per heavy atom. The number of hydrogen-bond acceptors (Lipinski definition) is 4. The molecule has 0 saturated heterocycles. The monoisotopic (exact) mass is 325 g/mol. The second kappa shape index (κ2) is 6.64. The number of nitrogens with one attached hydrogen (secondary N) is 1. The van der Waals surface area contributed by atoms with Crippen molar-refractivity contribution in [3.05, 3.63) is 69.5 Å². The van der Waals surface area contributed by atoms with Crippen LogP contribution >= 0.6 is 0 Å². The van der Waals surface area contributed by atoms with Crippen molar-refractivity contribution in [2.45, 2.75) is 13.0 Å². The lowest BCUT2D eigenvalue weighted by atomic mass is 10.1. The van der Waals surface area contributed by atoms with Crippen molar-refractivity contribution >= 4 is 5.65 Å². The molecule has 6 nitrogen and oxygen atoms in total. The average molecular weight is 325 g/mol. The van der Waals surface area contributed by atoms with Gasteiger partial charge in [0.25, 0.3) is 5.56 Å². The number of aromatic amines is 1. The lowest BCUT2D eigenvalue weighted by molar-refractivity contribution is 0.325. The first kappa shape index (κ1) is 15.9. The van der Waals surface area contributed by atoms with Crippen molar-refractivity contribution in [3.8, 4) is 6.07 Å². The van der Waals surface area contributed by atoms with E-state index in [1.165, 1.54) is 22.8 Å². The van der Waals surface area contributed by atoms with Crippen LogP contribution in [-0.4, -0.2) is 33.1 Å². The largest absolute Gasteiger partial charge is 0.300 e. The van der Waals surface area contributed by atoms with E-state index in [0.29, 0.717) is 42.0 Å². The minimum atomic E-state index is -0.265. The molecule has 0 aliphatic heterocycles. The normalized spacial score (nSPS) is 11.1. The maximum atomic E-state index is 13.6. The minimum Gasteiger partial charge on any atom is -0.300 e. The quantitative estimate of drug-likeness (QED) is 0.775. The van der Waals surface area contributed by atoms with E-state index in [0.717, 1.165) is 0 Å². The first-order valence-corrected chi connectivity index (χ1v) is 7.50. The summed E-state index contributed by atoms with van der Waals surface area (Å²) >= 11 is 0. The molecule has 1 N–H and O–H groups in total. The second-order valence-electron chi connectivity index (χ2n) is 5.62. The summed E-state index contributed by atoms with van der Waals surface area (Å²) in [5, 5.41) is 11.8. The van der Waals surface area contributed by atoms with Crippen molar-refractivity contribution in [1.82, 2.24) is 19.5 Å². The van der Waals surface area contributed by atoms with Crippen LogP contribution in [0.4, 0.5) is 4.39 Å². The molecule has 0 fully saturated rings. The molecule has 7 heteroatoms. The first-order chi connectivity index (χ1) is 11.6. The molecule has 0 amide bonds. The third-order valence-corrected chi connectivity index (χ3v) is 3.82. The number of rotatable bonds is 5. The molecule has 3 rings (SSSR count). The highest BCUT2D eigenvalue weighted by molar-refractivity contribution is 5.53. The van der Waals surface area contributed by atoms with Crippen LogP contribution in [0.25, 0.3) is 5.65 Å². The van der Waals surface area contributed by atoms with Crippen molar-refractivity contribution in [2.75, 3.05) is 13.6 Å². The van der Waals surface area contributed by atoms with Crippen LogP contribution in [-0.2, 0) is 13.0 Å². The molecule has 24 heavy (non-hydrogen) atoms. The molecule has 0 aliphatic carbocycles. The topological polar surface area (TPSA) is 77.2 Å². The van der Waals surface area contributed by atoms with Gasteiger partial charge >= 0.3 is 0 Å². The Labute approximate surface area is 137 Å². The van der Waals surface area contributed by atoms with Crippen molar-refractivity contribution in [2.24, 2.45) is 0 Å². The Morgan fingerprint density at radius 1 is 1.42 bits per heavy atom. The molecular weight excluding hydrogens is 309 g/mol. The summed E-state index contributed by atoms with van der Waals surface area (Å²) in [4.78, 5) is 18.4. The number of H-pyrrole nitrogens is 1. The SMILES string of the molecule is CN(CCc1ccccc1F)Cc1cc(=O)n2[nH]cc(C#N)c2n1. The number of benzene rings is 1. The number of nitriles is 1. The maximum Gasteiger partial charge on any atom is 0.272 e. The summed E-state index contributed by atoms with van der Waals surface area (Å²) < 4.78 is 14.9. The van der Waals surface area contributed by atoms with E-state index >= 15 is 0 Å². The predicted octanol–water partition coefficient (Wildman–Crippen LogP) is 1.71. The molecule has 2 heterocycles. The van der Waals surface area contributed by atoms with Crippen molar-refractivity contribution in [1.29, 1.82) is 5.26 Å². The Hall–Kier alpha value is -2.98. The van der Waals surface area contributed by atoms with Gasteiger partial charge in [0.05, 0.1) is 5.69 Å².